The molecule has 1 nitrogen and oxygen atoms in total. The molecule has 6 radical (unpaired) electrons. The van der Waals surface area contributed by atoms with E-state index in [4.69, 9.17) is 4.46 Å². The molecule has 0 atom stereocenters. The van der Waals surface area contributed by atoms with Crippen molar-refractivity contribution in [1.29, 1.82) is 0 Å². The molecule has 0 aromatic heterocycles. The molecule has 0 amide bonds. The van der Waals surface area contributed by atoms with E-state index in [-0.39, 0.29) is 60.8 Å². The Kier molecular flexibility index (Phi) is 82.0. The van der Waals surface area contributed by atoms with Gasteiger partial charge in [0.2, 0.25) is 0 Å². The molecule has 0 aromatic rings. The van der Waals surface area contributed by atoms with Gasteiger partial charge in [0, 0.05) is 60.8 Å². The monoisotopic (exact) mass is 108 g/mol. The zero-order valence-electron chi connectivity index (χ0n) is 2.32. The zero-order chi connectivity index (χ0) is 2.00. The minimum atomic E-state index is 0. The molecule has 0 aliphatic rings. The Morgan fingerprint density at radius 3 is 1.25 bits per heavy atom. The first kappa shape index (κ1) is 16.6. The van der Waals surface area contributed by atoms with Crippen LogP contribution in [0.25, 0.3) is 0 Å². The number of hydrogen-bond donors (Lipinski definition) is 0. The van der Waals surface area contributed by atoms with Crippen LogP contribution < -0.4 is 0 Å². The zero-order valence-corrected chi connectivity index (χ0v) is 6.95. The molecule has 0 saturated carbocycles. The number of rotatable bonds is 0. The largest absolute Gasteiger partial charge is 0.381 e. The van der Waals surface area contributed by atoms with Gasteiger partial charge in [0.1, 0.15) is 0 Å². The molecular weight excluding hydrogens is 108 g/mol. The van der Waals surface area contributed by atoms with Crippen molar-refractivity contribution in [2.75, 3.05) is 0 Å². The second-order valence-electron chi connectivity index (χ2n) is 0. The molecule has 0 saturated heterocycles. The van der Waals surface area contributed by atoms with Crippen molar-refractivity contribution in [3.63, 3.8) is 0 Å². The van der Waals surface area contributed by atoms with Crippen LogP contribution in [0.3, 0.4) is 0 Å². The van der Waals surface area contributed by atoms with E-state index in [2.05, 4.69) is 0 Å². The van der Waals surface area contributed by atoms with Gasteiger partial charge in [-0.05, 0) is 0 Å². The van der Waals surface area contributed by atoms with Crippen LogP contribution in [0.4, 0.5) is 0 Å². The minimum absolute atomic E-state index is 0. The van der Waals surface area contributed by atoms with Crippen LogP contribution in [0.15, 0.2) is 0 Å². The molecule has 0 aliphatic heterocycles. The van der Waals surface area contributed by atoms with Crippen LogP contribution in [0, 0.1) is 0 Å². The maximum absolute atomic E-state index is 8.06. The normalized spacial score (nSPS) is 1.00. The van der Waals surface area contributed by atoms with Crippen molar-refractivity contribution in [3.05, 3.63) is 0 Å². The van der Waals surface area contributed by atoms with Gasteiger partial charge in [0.15, 0.2) is 0 Å². The van der Waals surface area contributed by atoms with Gasteiger partial charge in [-0.1, -0.05) is 0 Å². The maximum atomic E-state index is 8.06. The molecule has 14 valence electrons. The fraction of sp³-hybridized carbons (Fsp3) is 0. The first-order valence-corrected chi connectivity index (χ1v) is 0.612. The minimum Gasteiger partial charge on any atom is -0.381 e. The van der Waals surface area contributed by atoms with Crippen LogP contribution in [-0.4, -0.2) is 70.9 Å². The molecule has 0 bridgehead atoms. The summed E-state index contributed by atoms with van der Waals surface area (Å²) in [6.07, 6.45) is 0. The first-order valence-electron chi connectivity index (χ1n) is 0.204. The van der Waals surface area contributed by atoms with Crippen LogP contribution in [0.1, 0.15) is 0 Å². The Hall–Kier alpha value is 2.04. The van der Waals surface area contributed by atoms with Gasteiger partial charge in [0.25, 0.3) is 0 Å². The van der Waals surface area contributed by atoms with Crippen molar-refractivity contribution in [2.45, 2.75) is 0 Å². The summed E-state index contributed by atoms with van der Waals surface area (Å²) in [6.45, 7) is 0. The van der Waals surface area contributed by atoms with Gasteiger partial charge in [-0.3, -0.25) is 0 Å². The van der Waals surface area contributed by atoms with Crippen LogP contribution in [-0.2, 0) is 4.46 Å². The van der Waals surface area contributed by atoms with E-state index in [0.717, 1.165) is 0 Å². The van der Waals surface area contributed by atoms with Crippen molar-refractivity contribution >= 4 is 70.9 Å². The molecule has 0 fully saturated rings. The van der Waals surface area contributed by atoms with Gasteiger partial charge in [-0.2, -0.15) is 0 Å². The van der Waals surface area contributed by atoms with Crippen molar-refractivity contribution in [2.24, 2.45) is 0 Å². The SMILES string of the molecule is O=[Si].[Ca].[Mg]. The summed E-state index contributed by atoms with van der Waals surface area (Å²) < 4.78 is 8.06. The number of hydrogen-bond acceptors (Lipinski definition) is 1. The quantitative estimate of drug-likeness (QED) is 0.354. The summed E-state index contributed by atoms with van der Waals surface area (Å²) in [4.78, 5) is 0. The van der Waals surface area contributed by atoms with Gasteiger partial charge >= 0.3 is 10.1 Å². The fourth-order valence-corrected chi connectivity index (χ4v) is 0. The molecule has 0 rings (SSSR count). The van der Waals surface area contributed by atoms with E-state index in [1.807, 2.05) is 0 Å². The van der Waals surface area contributed by atoms with E-state index in [9.17, 15) is 0 Å². The summed E-state index contributed by atoms with van der Waals surface area (Å²) in [7, 11) is 1.72. The van der Waals surface area contributed by atoms with Gasteiger partial charge in [-0.15, -0.1) is 0 Å². The molecule has 4 heavy (non-hydrogen) atoms. The third kappa shape index (κ3) is 8.97. The topological polar surface area (TPSA) is 17.1 Å². The standard InChI is InChI=1S/Ca.Mg.OSi/c;;1-2. The van der Waals surface area contributed by atoms with Crippen molar-refractivity contribution in [1.82, 2.24) is 0 Å². The maximum Gasteiger partial charge on any atom is 0.381 e. The second-order valence-corrected chi connectivity index (χ2v) is 0. The molecule has 0 spiro atoms. The molecule has 0 heterocycles. The summed E-state index contributed by atoms with van der Waals surface area (Å²) in [5.41, 5.74) is 0. The Balaban J connectivity index is -0.00000000500. The average molecular weight is 108 g/mol. The van der Waals surface area contributed by atoms with E-state index in [0.29, 0.717) is 0 Å². The first-order chi connectivity index (χ1) is 1.00. The second kappa shape index (κ2) is 19.8. The Morgan fingerprint density at radius 2 is 1.25 bits per heavy atom. The third-order valence-electron chi connectivity index (χ3n) is 0. The molecule has 0 unspecified atom stereocenters. The molecular formula is CaMgOSi. The van der Waals surface area contributed by atoms with E-state index in [1.54, 1.807) is 10.1 Å². The third-order valence-corrected chi connectivity index (χ3v) is 0. The van der Waals surface area contributed by atoms with Crippen molar-refractivity contribution < 1.29 is 4.46 Å². The molecule has 4 heteroatoms. The summed E-state index contributed by atoms with van der Waals surface area (Å²) in [5.74, 6) is 0. The molecule has 0 aliphatic carbocycles. The van der Waals surface area contributed by atoms with Gasteiger partial charge in [-0.25, -0.2) is 0 Å². The van der Waals surface area contributed by atoms with Gasteiger partial charge in [0.05, 0.1) is 0 Å². The van der Waals surface area contributed by atoms with E-state index >= 15 is 0 Å². The summed E-state index contributed by atoms with van der Waals surface area (Å²) >= 11 is 0. The Morgan fingerprint density at radius 1 is 1.25 bits per heavy atom. The summed E-state index contributed by atoms with van der Waals surface area (Å²) in [6, 6.07) is 0. The predicted molar refractivity (Wildman–Crippen MR) is 17.9 cm³/mol. The van der Waals surface area contributed by atoms with Crippen LogP contribution >= 0.6 is 0 Å². The average Bonchev–Trinajstić information content (AvgIpc) is 1.00. The van der Waals surface area contributed by atoms with Gasteiger partial charge < -0.3 is 4.46 Å². The van der Waals surface area contributed by atoms with Crippen LogP contribution in [0.2, 0.25) is 0 Å². The van der Waals surface area contributed by atoms with Crippen LogP contribution in [0.5, 0.6) is 0 Å². The Labute approximate surface area is 74.2 Å². The molecule has 0 N–H and O–H groups in total. The smallest absolute Gasteiger partial charge is 0.381 e. The van der Waals surface area contributed by atoms with E-state index < -0.39 is 0 Å². The molecule has 0 aromatic carbocycles. The summed E-state index contributed by atoms with van der Waals surface area (Å²) in [5, 5.41) is 0. The van der Waals surface area contributed by atoms with E-state index in [1.165, 1.54) is 0 Å². The van der Waals surface area contributed by atoms with Crippen molar-refractivity contribution in [3.8, 4) is 0 Å². The fourth-order valence-electron chi connectivity index (χ4n) is 0. The predicted octanol–water partition coefficient (Wildman–Crippen LogP) is -1.26. The Bertz CT molecular complexity index is 8.00.